The Morgan fingerprint density at radius 1 is 1.10 bits per heavy atom. The Morgan fingerprint density at radius 3 is 2.48 bits per heavy atom. The number of nitrogens with zero attached hydrogens (tertiary/aromatic N) is 2. The van der Waals surface area contributed by atoms with E-state index in [1.54, 1.807) is 41.1 Å². The van der Waals surface area contributed by atoms with Gasteiger partial charge in [-0.05, 0) is 56.4 Å². The maximum Gasteiger partial charge on any atom is 0.336 e. The van der Waals surface area contributed by atoms with Crippen LogP contribution in [-0.2, 0) is 4.79 Å². The van der Waals surface area contributed by atoms with Gasteiger partial charge < -0.3 is 9.52 Å². The fourth-order valence-electron chi connectivity index (χ4n) is 3.20. The molecule has 1 aromatic carbocycles. The Kier molecular flexibility index (Phi) is 4.89. The average molecular weight is 425 g/mol. The van der Waals surface area contributed by atoms with E-state index in [1.807, 2.05) is 26.0 Å². The van der Waals surface area contributed by atoms with Gasteiger partial charge in [-0.3, -0.25) is 9.47 Å². The van der Waals surface area contributed by atoms with Gasteiger partial charge in [-0.25, -0.2) is 4.79 Å². The van der Waals surface area contributed by atoms with Gasteiger partial charge in [0.05, 0.1) is 10.5 Å². The second-order valence-corrected chi connectivity index (χ2v) is 8.15. The number of carboxylic acid groups (broad SMARTS) is 1. The fraction of sp³-hybridized carbons (Fsp3) is 0.0952. The lowest BCUT2D eigenvalue weighted by Crippen LogP contribution is -2.39. The summed E-state index contributed by atoms with van der Waals surface area (Å²) in [6.07, 6.45) is 1.63. The molecule has 146 valence electrons. The molecular weight excluding hydrogens is 408 g/mol. The van der Waals surface area contributed by atoms with Crippen LogP contribution in [-0.4, -0.2) is 26.0 Å². The number of aromatic carboxylic acids is 1. The van der Waals surface area contributed by atoms with Crippen LogP contribution < -0.4 is 5.01 Å². The molecule has 0 saturated carbocycles. The highest BCUT2D eigenvalue weighted by atomic mass is 32.2. The van der Waals surface area contributed by atoms with Crippen LogP contribution in [0.3, 0.4) is 0 Å². The zero-order valence-corrected chi connectivity index (χ0v) is 17.2. The number of hydrogen-bond donors (Lipinski definition) is 1. The first-order valence-electron chi connectivity index (χ1n) is 8.72. The molecule has 3 heterocycles. The summed E-state index contributed by atoms with van der Waals surface area (Å²) >= 11 is 6.62. The Labute approximate surface area is 176 Å². The van der Waals surface area contributed by atoms with Crippen LogP contribution >= 0.6 is 24.0 Å². The molecule has 8 heteroatoms. The van der Waals surface area contributed by atoms with E-state index < -0.39 is 5.97 Å². The zero-order valence-electron chi connectivity index (χ0n) is 15.6. The number of carboxylic acids is 1. The second kappa shape index (κ2) is 7.38. The van der Waals surface area contributed by atoms with Crippen molar-refractivity contribution in [3.63, 3.8) is 0 Å². The summed E-state index contributed by atoms with van der Waals surface area (Å²) in [7, 11) is 0. The molecule has 3 aromatic rings. The molecule has 1 aliphatic heterocycles. The smallest absolute Gasteiger partial charge is 0.336 e. The van der Waals surface area contributed by atoms with E-state index in [9.17, 15) is 14.7 Å². The molecule has 1 aliphatic rings. The first-order chi connectivity index (χ1) is 13.9. The number of thioether (sulfide) groups is 1. The van der Waals surface area contributed by atoms with Gasteiger partial charge in [0.25, 0.3) is 5.91 Å². The molecule has 29 heavy (non-hydrogen) atoms. The third-order valence-corrected chi connectivity index (χ3v) is 5.81. The quantitative estimate of drug-likeness (QED) is 0.487. The van der Waals surface area contributed by atoms with Gasteiger partial charge in [-0.15, -0.1) is 0 Å². The normalized spacial score (nSPS) is 15.5. The van der Waals surface area contributed by atoms with Gasteiger partial charge in [0, 0.05) is 23.0 Å². The highest BCUT2D eigenvalue weighted by molar-refractivity contribution is 8.27. The van der Waals surface area contributed by atoms with Gasteiger partial charge in [0.1, 0.15) is 11.5 Å². The van der Waals surface area contributed by atoms with Crippen molar-refractivity contribution in [3.8, 4) is 11.3 Å². The molecule has 1 fully saturated rings. The van der Waals surface area contributed by atoms with Crippen molar-refractivity contribution in [2.75, 3.05) is 5.01 Å². The first kappa shape index (κ1) is 19.2. The molecular formula is C21H16N2O4S2. The molecule has 2 aromatic heterocycles. The van der Waals surface area contributed by atoms with Crippen LogP contribution in [0.25, 0.3) is 17.4 Å². The molecule has 0 aliphatic carbocycles. The van der Waals surface area contributed by atoms with E-state index in [-0.39, 0.29) is 11.5 Å². The molecule has 1 saturated heterocycles. The van der Waals surface area contributed by atoms with E-state index in [2.05, 4.69) is 0 Å². The molecule has 0 radical (unpaired) electrons. The lowest BCUT2D eigenvalue weighted by atomic mass is 10.1. The molecule has 0 atom stereocenters. The number of hydrogen-bond acceptors (Lipinski definition) is 5. The largest absolute Gasteiger partial charge is 0.478 e. The van der Waals surface area contributed by atoms with Gasteiger partial charge in [-0.2, -0.15) is 5.01 Å². The van der Waals surface area contributed by atoms with Crippen LogP contribution in [0.1, 0.15) is 27.5 Å². The zero-order chi connectivity index (χ0) is 20.7. The van der Waals surface area contributed by atoms with Crippen molar-refractivity contribution in [1.82, 2.24) is 4.68 Å². The SMILES string of the molecule is Cc1ccc(C)n1N1C(=O)/C(=C/c2ccc(-c3ccccc3C(=O)O)o2)SC1=S. The summed E-state index contributed by atoms with van der Waals surface area (Å²) < 4.78 is 8.03. The fourth-order valence-corrected chi connectivity index (χ4v) is 4.42. The number of benzene rings is 1. The van der Waals surface area contributed by atoms with Gasteiger partial charge in [-0.1, -0.05) is 30.0 Å². The van der Waals surface area contributed by atoms with Crippen molar-refractivity contribution in [2.24, 2.45) is 0 Å². The number of thiocarbonyl (C=S) groups is 1. The van der Waals surface area contributed by atoms with Gasteiger partial charge in [0.15, 0.2) is 4.32 Å². The van der Waals surface area contributed by atoms with Crippen LogP contribution in [0.5, 0.6) is 0 Å². The molecule has 1 amide bonds. The monoisotopic (exact) mass is 424 g/mol. The lowest BCUT2D eigenvalue weighted by molar-refractivity contribution is -0.114. The summed E-state index contributed by atoms with van der Waals surface area (Å²) in [4.78, 5) is 24.8. The number of carbonyl (C=O) groups excluding carboxylic acids is 1. The third-order valence-electron chi connectivity index (χ3n) is 4.53. The molecule has 0 spiro atoms. The van der Waals surface area contributed by atoms with Crippen LogP contribution in [0.15, 0.2) is 57.9 Å². The summed E-state index contributed by atoms with van der Waals surface area (Å²) in [5.74, 6) is -0.397. The first-order valence-corrected chi connectivity index (χ1v) is 9.95. The van der Waals surface area contributed by atoms with E-state index in [1.165, 1.54) is 22.8 Å². The Bertz CT molecular complexity index is 1170. The minimum atomic E-state index is -1.03. The van der Waals surface area contributed by atoms with Gasteiger partial charge in [0.2, 0.25) is 0 Å². The van der Waals surface area contributed by atoms with E-state index in [4.69, 9.17) is 16.6 Å². The summed E-state index contributed by atoms with van der Waals surface area (Å²) in [6.45, 7) is 3.82. The van der Waals surface area contributed by atoms with Crippen LogP contribution in [0, 0.1) is 13.8 Å². The molecule has 0 bridgehead atoms. The predicted octanol–water partition coefficient (Wildman–Crippen LogP) is 4.60. The highest BCUT2D eigenvalue weighted by Gasteiger charge is 2.35. The van der Waals surface area contributed by atoms with Crippen molar-refractivity contribution in [3.05, 3.63) is 76.1 Å². The number of furan rings is 1. The lowest BCUT2D eigenvalue weighted by Gasteiger charge is -2.20. The minimum absolute atomic E-state index is 0.151. The number of carbonyl (C=O) groups is 2. The molecule has 6 nitrogen and oxygen atoms in total. The second-order valence-electron chi connectivity index (χ2n) is 6.47. The molecule has 4 rings (SSSR count). The van der Waals surface area contributed by atoms with Gasteiger partial charge >= 0.3 is 5.97 Å². The van der Waals surface area contributed by atoms with Crippen molar-refractivity contribution < 1.29 is 19.1 Å². The van der Waals surface area contributed by atoms with E-state index in [0.717, 1.165) is 11.4 Å². The molecule has 0 unspecified atom stereocenters. The maximum absolute atomic E-state index is 13.0. The van der Waals surface area contributed by atoms with Crippen molar-refractivity contribution in [1.29, 1.82) is 0 Å². The summed E-state index contributed by atoms with van der Waals surface area (Å²) in [5.41, 5.74) is 2.44. The maximum atomic E-state index is 13.0. The Balaban J connectivity index is 1.66. The van der Waals surface area contributed by atoms with Crippen LogP contribution in [0.4, 0.5) is 0 Å². The number of aromatic nitrogens is 1. The topological polar surface area (TPSA) is 75.7 Å². The number of rotatable bonds is 4. The average Bonchev–Trinajstić information content (AvgIpc) is 3.36. The Morgan fingerprint density at radius 2 is 1.79 bits per heavy atom. The van der Waals surface area contributed by atoms with E-state index >= 15 is 0 Å². The molecule has 1 N–H and O–H groups in total. The predicted molar refractivity (Wildman–Crippen MR) is 116 cm³/mol. The third kappa shape index (κ3) is 3.41. The standard InChI is InChI=1S/C21H16N2O4S2/c1-12-7-8-13(2)22(12)23-19(24)18(29-21(23)28)11-14-9-10-17(27-14)15-5-3-4-6-16(15)20(25)26/h3-11H,1-2H3,(H,25,26)/b18-11-. The number of aryl methyl sites for hydroxylation is 2. The van der Waals surface area contributed by atoms with Crippen molar-refractivity contribution in [2.45, 2.75) is 13.8 Å². The van der Waals surface area contributed by atoms with Crippen LogP contribution in [0.2, 0.25) is 0 Å². The van der Waals surface area contributed by atoms with Crippen molar-refractivity contribution >= 4 is 46.3 Å². The Hall–Kier alpha value is -3.10. The minimum Gasteiger partial charge on any atom is -0.478 e. The van der Waals surface area contributed by atoms with E-state index in [0.29, 0.717) is 26.3 Å². The summed E-state index contributed by atoms with van der Waals surface area (Å²) in [5, 5.41) is 10.8. The summed E-state index contributed by atoms with van der Waals surface area (Å²) in [6, 6.07) is 13.9. The number of amides is 1. The highest BCUT2D eigenvalue weighted by Crippen LogP contribution is 2.34.